The summed E-state index contributed by atoms with van der Waals surface area (Å²) >= 11 is 0. The van der Waals surface area contributed by atoms with Crippen molar-refractivity contribution < 1.29 is 8.98 Å². The van der Waals surface area contributed by atoms with Crippen LogP contribution in [0.25, 0.3) is 22.4 Å². The molecule has 0 saturated carbocycles. The van der Waals surface area contributed by atoms with Crippen LogP contribution in [-0.2, 0) is 7.05 Å². The van der Waals surface area contributed by atoms with E-state index in [0.29, 0.717) is 0 Å². The Balaban J connectivity index is 2.31. The second-order valence-corrected chi connectivity index (χ2v) is 4.26. The van der Waals surface area contributed by atoms with Crippen LogP contribution >= 0.6 is 0 Å². The molecule has 0 fully saturated rings. The summed E-state index contributed by atoms with van der Waals surface area (Å²) in [6, 6.07) is 14.5. The van der Waals surface area contributed by atoms with Crippen LogP contribution in [0.4, 0.5) is 0 Å². The van der Waals surface area contributed by atoms with E-state index in [-0.39, 0.29) is 0 Å². The molecular weight excluding hydrogens is 210 g/mol. The summed E-state index contributed by atoms with van der Waals surface area (Å²) in [4.78, 5) is 0. The number of hydrogen-bond acceptors (Lipinski definition) is 1. The molecule has 3 aromatic rings. The van der Waals surface area contributed by atoms with Gasteiger partial charge in [0.1, 0.15) is 7.05 Å². The van der Waals surface area contributed by atoms with Crippen molar-refractivity contribution in [2.45, 2.75) is 6.92 Å². The Bertz CT molecular complexity index is 682. The average molecular weight is 224 g/mol. The Morgan fingerprint density at radius 1 is 1.00 bits per heavy atom. The number of furan rings is 1. The van der Waals surface area contributed by atoms with Crippen molar-refractivity contribution in [2.24, 2.45) is 7.05 Å². The van der Waals surface area contributed by atoms with Crippen LogP contribution in [0.15, 0.2) is 53.1 Å². The molecule has 1 aromatic carbocycles. The van der Waals surface area contributed by atoms with Crippen molar-refractivity contribution in [3.05, 3.63) is 54.3 Å². The van der Waals surface area contributed by atoms with E-state index in [1.165, 1.54) is 16.8 Å². The maximum absolute atomic E-state index is 5.40. The first kappa shape index (κ1) is 10.1. The van der Waals surface area contributed by atoms with Crippen LogP contribution in [0.1, 0.15) is 5.56 Å². The molecule has 0 aliphatic rings. The summed E-state index contributed by atoms with van der Waals surface area (Å²) in [6.07, 6.45) is 1.73. The molecule has 0 aliphatic carbocycles. The first-order valence-corrected chi connectivity index (χ1v) is 5.69. The van der Waals surface area contributed by atoms with Gasteiger partial charge in [-0.15, -0.1) is 0 Å². The maximum Gasteiger partial charge on any atom is 0.251 e. The molecule has 3 rings (SSSR count). The van der Waals surface area contributed by atoms with Crippen molar-refractivity contribution in [3.8, 4) is 11.3 Å². The number of aryl methyl sites for hydroxylation is 2. The molecule has 2 nitrogen and oxygen atoms in total. The Labute approximate surface area is 100 Å². The molecule has 0 saturated heterocycles. The smallest absolute Gasteiger partial charge is 0.251 e. The predicted octanol–water partition coefficient (Wildman–Crippen LogP) is 3.23. The van der Waals surface area contributed by atoms with Crippen molar-refractivity contribution in [1.29, 1.82) is 0 Å². The first-order valence-electron chi connectivity index (χ1n) is 5.69. The molecule has 0 spiro atoms. The first-order chi connectivity index (χ1) is 8.27. The van der Waals surface area contributed by atoms with Crippen molar-refractivity contribution in [2.75, 3.05) is 0 Å². The number of nitrogens with zero attached hydrogens (tertiary/aromatic N) is 1. The second-order valence-electron chi connectivity index (χ2n) is 4.26. The van der Waals surface area contributed by atoms with Crippen LogP contribution in [0, 0.1) is 6.92 Å². The molecule has 17 heavy (non-hydrogen) atoms. The van der Waals surface area contributed by atoms with E-state index >= 15 is 0 Å². The normalized spacial score (nSPS) is 10.9. The highest BCUT2D eigenvalue weighted by atomic mass is 16.3. The SMILES string of the molecule is Cc1ccccc1-c1ccc2occc2[n+]1C. The minimum Gasteiger partial charge on any atom is -0.458 e. The predicted molar refractivity (Wildman–Crippen MR) is 67.6 cm³/mol. The minimum atomic E-state index is 0.921. The van der Waals surface area contributed by atoms with E-state index in [1.54, 1.807) is 6.26 Å². The molecule has 0 amide bonds. The lowest BCUT2D eigenvalue weighted by Gasteiger charge is -2.03. The number of fused-ring (bicyclic) bond motifs is 1. The molecule has 2 aromatic heterocycles. The van der Waals surface area contributed by atoms with Gasteiger partial charge in [0.2, 0.25) is 5.69 Å². The molecule has 0 unspecified atom stereocenters. The Kier molecular flexibility index (Phi) is 2.22. The highest BCUT2D eigenvalue weighted by molar-refractivity contribution is 5.72. The van der Waals surface area contributed by atoms with E-state index < -0.39 is 0 Å². The van der Waals surface area contributed by atoms with Gasteiger partial charge in [-0.3, -0.25) is 0 Å². The highest BCUT2D eigenvalue weighted by Gasteiger charge is 2.16. The molecule has 0 bridgehead atoms. The summed E-state index contributed by atoms with van der Waals surface area (Å²) in [7, 11) is 2.07. The zero-order valence-corrected chi connectivity index (χ0v) is 9.97. The highest BCUT2D eigenvalue weighted by Crippen LogP contribution is 2.22. The van der Waals surface area contributed by atoms with Gasteiger partial charge in [-0.1, -0.05) is 18.2 Å². The summed E-state index contributed by atoms with van der Waals surface area (Å²) in [6.45, 7) is 2.13. The molecule has 0 atom stereocenters. The van der Waals surface area contributed by atoms with Gasteiger partial charge in [0.05, 0.1) is 6.26 Å². The maximum atomic E-state index is 5.40. The van der Waals surface area contributed by atoms with Gasteiger partial charge in [-0.25, -0.2) is 0 Å². The van der Waals surface area contributed by atoms with E-state index in [4.69, 9.17) is 4.42 Å². The van der Waals surface area contributed by atoms with E-state index in [0.717, 1.165) is 11.1 Å². The van der Waals surface area contributed by atoms with Crippen molar-refractivity contribution in [3.63, 3.8) is 0 Å². The topological polar surface area (TPSA) is 17.0 Å². The van der Waals surface area contributed by atoms with Crippen molar-refractivity contribution in [1.82, 2.24) is 0 Å². The molecule has 84 valence electrons. The van der Waals surface area contributed by atoms with Gasteiger partial charge in [-0.2, -0.15) is 4.57 Å². The van der Waals surface area contributed by atoms with Gasteiger partial charge in [0.25, 0.3) is 5.52 Å². The van der Waals surface area contributed by atoms with Crippen LogP contribution in [0.2, 0.25) is 0 Å². The fourth-order valence-corrected chi connectivity index (χ4v) is 2.24. The monoisotopic (exact) mass is 224 g/mol. The van der Waals surface area contributed by atoms with E-state index in [2.05, 4.69) is 48.9 Å². The van der Waals surface area contributed by atoms with Gasteiger partial charge in [0.15, 0.2) is 5.58 Å². The van der Waals surface area contributed by atoms with E-state index in [1.807, 2.05) is 12.1 Å². The quantitative estimate of drug-likeness (QED) is 0.580. The van der Waals surface area contributed by atoms with Crippen molar-refractivity contribution >= 4 is 11.1 Å². The second kappa shape index (κ2) is 3.74. The Morgan fingerprint density at radius 3 is 2.65 bits per heavy atom. The lowest BCUT2D eigenvalue weighted by Crippen LogP contribution is -2.31. The molecule has 0 radical (unpaired) electrons. The zero-order chi connectivity index (χ0) is 11.8. The fourth-order valence-electron chi connectivity index (χ4n) is 2.24. The third-order valence-corrected chi connectivity index (χ3v) is 3.21. The lowest BCUT2D eigenvalue weighted by molar-refractivity contribution is -0.633. The van der Waals surface area contributed by atoms with Gasteiger partial charge in [-0.05, 0) is 24.6 Å². The average Bonchev–Trinajstić information content (AvgIpc) is 2.80. The number of benzene rings is 1. The third kappa shape index (κ3) is 1.53. The minimum absolute atomic E-state index is 0.921. The number of hydrogen-bond donors (Lipinski definition) is 0. The third-order valence-electron chi connectivity index (χ3n) is 3.21. The standard InChI is InChI=1S/C15H14NO/c1-11-5-3-4-6-12(11)13-7-8-15-14(16(13)2)9-10-17-15/h3-10H,1-2H3/q+1. The molecule has 2 heterocycles. The molecular formula is C15H14NO+. The largest absolute Gasteiger partial charge is 0.458 e. The number of aromatic nitrogens is 1. The zero-order valence-electron chi connectivity index (χ0n) is 9.97. The Hall–Kier alpha value is -2.09. The fraction of sp³-hybridized carbons (Fsp3) is 0.133. The molecule has 2 heteroatoms. The summed E-state index contributed by atoms with van der Waals surface area (Å²) < 4.78 is 7.57. The van der Waals surface area contributed by atoms with Crippen LogP contribution in [0.5, 0.6) is 0 Å². The lowest BCUT2D eigenvalue weighted by atomic mass is 10.0. The molecule has 0 N–H and O–H groups in total. The summed E-state index contributed by atoms with van der Waals surface area (Å²) in [5.41, 5.74) is 5.79. The van der Waals surface area contributed by atoms with Gasteiger partial charge >= 0.3 is 0 Å². The van der Waals surface area contributed by atoms with Crippen LogP contribution in [0.3, 0.4) is 0 Å². The van der Waals surface area contributed by atoms with Gasteiger partial charge < -0.3 is 4.42 Å². The van der Waals surface area contributed by atoms with E-state index in [9.17, 15) is 0 Å². The van der Waals surface area contributed by atoms with Crippen LogP contribution < -0.4 is 4.57 Å². The number of rotatable bonds is 1. The summed E-state index contributed by atoms with van der Waals surface area (Å²) in [5, 5.41) is 0. The summed E-state index contributed by atoms with van der Waals surface area (Å²) in [5.74, 6) is 0. The Morgan fingerprint density at radius 2 is 1.82 bits per heavy atom. The number of pyridine rings is 1. The van der Waals surface area contributed by atoms with Crippen LogP contribution in [-0.4, -0.2) is 0 Å². The molecule has 0 aliphatic heterocycles. The van der Waals surface area contributed by atoms with Gasteiger partial charge in [0, 0.05) is 17.7 Å².